The number of carboxylic acids is 1. The third-order valence-electron chi connectivity index (χ3n) is 10.0. The highest BCUT2D eigenvalue weighted by Gasteiger charge is 2.42. The van der Waals surface area contributed by atoms with Gasteiger partial charge in [-0.2, -0.15) is 0 Å². The number of carbonyl (C=O) groups excluding carboxylic acids is 1. The van der Waals surface area contributed by atoms with Crippen LogP contribution in [0.4, 0.5) is 16.2 Å². The molecule has 0 spiro atoms. The summed E-state index contributed by atoms with van der Waals surface area (Å²) in [5, 5.41) is 36.5. The molecule has 0 saturated carbocycles. The fraction of sp³-hybridized carbons (Fsp3) is 0.146. The minimum Gasteiger partial charge on any atom is -0.478 e. The van der Waals surface area contributed by atoms with Gasteiger partial charge in [-0.1, -0.05) is 152 Å². The molecule has 300 valence electrons. The Morgan fingerprint density at radius 1 is 0.783 bits per heavy atom. The predicted molar refractivity (Wildman–Crippen MR) is 230 cm³/mol. The monoisotopic (exact) mass is 798 g/mol. The Morgan fingerprint density at radius 3 is 1.82 bits per heavy atom. The lowest BCUT2D eigenvalue weighted by Gasteiger charge is -2.36. The second-order valence-electron chi connectivity index (χ2n) is 15.1. The van der Waals surface area contributed by atoms with Crippen molar-refractivity contribution in [3.05, 3.63) is 208 Å². The number of anilines is 1. The topological polar surface area (TPSA) is 154 Å². The Bertz CT molecular complexity index is 2560. The van der Waals surface area contributed by atoms with Crippen LogP contribution < -0.4 is 4.90 Å². The molecular weight excluding hydrogens is 757 g/mol. The highest BCUT2D eigenvalue weighted by atomic mass is 16.6. The van der Waals surface area contributed by atoms with E-state index >= 15 is 0 Å². The Balaban J connectivity index is 1.35. The molecule has 0 radical (unpaired) electrons. The van der Waals surface area contributed by atoms with E-state index in [0.29, 0.717) is 11.4 Å². The van der Waals surface area contributed by atoms with Gasteiger partial charge in [0.1, 0.15) is 16.8 Å². The largest absolute Gasteiger partial charge is 0.478 e. The van der Waals surface area contributed by atoms with Crippen LogP contribution in [0.2, 0.25) is 0 Å². The number of rotatable bonds is 13. The number of aromatic nitrogens is 4. The van der Waals surface area contributed by atoms with Crippen LogP contribution in [0.3, 0.4) is 0 Å². The molecule has 0 aliphatic heterocycles. The van der Waals surface area contributed by atoms with E-state index in [0.717, 1.165) is 38.3 Å². The van der Waals surface area contributed by atoms with Crippen molar-refractivity contribution in [1.82, 2.24) is 20.2 Å². The molecule has 0 fully saturated rings. The first kappa shape index (κ1) is 40.5. The number of ether oxygens (including phenoxy) is 1. The zero-order valence-corrected chi connectivity index (χ0v) is 33.3. The summed E-state index contributed by atoms with van der Waals surface area (Å²) in [5.41, 5.74) is 2.70. The quantitative estimate of drug-likeness (QED) is 0.0520. The Morgan fingerprint density at radius 2 is 1.32 bits per heavy atom. The van der Waals surface area contributed by atoms with E-state index in [9.17, 15) is 24.8 Å². The number of benzene rings is 6. The molecule has 0 aliphatic carbocycles. The number of allylic oxidation sites excluding steroid dienone is 1. The Kier molecular flexibility index (Phi) is 11.5. The maximum Gasteiger partial charge on any atom is 0.415 e. The molecule has 0 unspecified atom stereocenters. The normalized spacial score (nSPS) is 11.4. The second kappa shape index (κ2) is 17.0. The number of hydrogen-bond acceptors (Lipinski definition) is 8. The zero-order valence-electron chi connectivity index (χ0n) is 33.3. The van der Waals surface area contributed by atoms with Crippen molar-refractivity contribution < 1.29 is 24.4 Å². The molecule has 12 nitrogen and oxygen atoms in total. The number of tetrazole rings is 1. The van der Waals surface area contributed by atoms with Crippen molar-refractivity contribution >= 4 is 23.4 Å². The van der Waals surface area contributed by atoms with Crippen molar-refractivity contribution in [2.45, 2.75) is 44.9 Å². The van der Waals surface area contributed by atoms with Crippen LogP contribution in [0.5, 0.6) is 0 Å². The molecule has 7 aromatic rings. The molecule has 6 aromatic carbocycles. The van der Waals surface area contributed by atoms with E-state index in [1.807, 2.05) is 95.7 Å². The molecule has 1 N–H and O–H groups in total. The average molecular weight is 799 g/mol. The Labute approximate surface area is 347 Å². The minimum absolute atomic E-state index is 0.0753. The van der Waals surface area contributed by atoms with Crippen LogP contribution in [0.25, 0.3) is 22.5 Å². The molecule has 7 rings (SSSR count). The maximum atomic E-state index is 13.9. The zero-order chi connectivity index (χ0) is 42.4. The second-order valence-corrected chi connectivity index (χ2v) is 15.1. The van der Waals surface area contributed by atoms with Gasteiger partial charge in [0.2, 0.25) is 0 Å². The van der Waals surface area contributed by atoms with Crippen molar-refractivity contribution in [1.29, 1.82) is 0 Å². The van der Waals surface area contributed by atoms with Crippen LogP contribution >= 0.6 is 0 Å². The van der Waals surface area contributed by atoms with E-state index in [2.05, 4.69) is 53.3 Å². The number of carbonyl (C=O) groups is 2. The summed E-state index contributed by atoms with van der Waals surface area (Å²) < 4.78 is 7.58. The van der Waals surface area contributed by atoms with Gasteiger partial charge < -0.3 is 9.84 Å². The first-order valence-corrected chi connectivity index (χ1v) is 19.2. The van der Waals surface area contributed by atoms with Gasteiger partial charge in [-0.3, -0.25) is 15.0 Å². The van der Waals surface area contributed by atoms with Crippen LogP contribution in [-0.2, 0) is 23.2 Å². The SMILES string of the molecule is C=CCc1ccc(C(=O)O)c(N(Cc2ccc(-c3ccccc3-c3nnnn3C(c3ccccc3)(c3ccccc3)c3ccccc3)cc2)C(=O)OC(C)(C)C)c1[N+](=O)[O-]. The van der Waals surface area contributed by atoms with Gasteiger partial charge in [0.05, 0.1) is 17.0 Å². The van der Waals surface area contributed by atoms with Gasteiger partial charge in [0, 0.05) is 11.1 Å². The lowest BCUT2D eigenvalue weighted by molar-refractivity contribution is -0.384. The molecule has 1 amide bonds. The summed E-state index contributed by atoms with van der Waals surface area (Å²) in [6.07, 6.45) is 0.611. The fourth-order valence-corrected chi connectivity index (χ4v) is 7.53. The van der Waals surface area contributed by atoms with E-state index in [1.54, 1.807) is 32.9 Å². The number of aromatic carboxylic acids is 1. The molecule has 60 heavy (non-hydrogen) atoms. The smallest absolute Gasteiger partial charge is 0.415 e. The molecule has 1 aromatic heterocycles. The van der Waals surface area contributed by atoms with Gasteiger partial charge >= 0.3 is 12.1 Å². The highest BCUT2D eigenvalue weighted by Crippen LogP contribution is 2.44. The number of nitro groups is 1. The van der Waals surface area contributed by atoms with E-state index in [4.69, 9.17) is 9.95 Å². The molecule has 0 aliphatic rings. The summed E-state index contributed by atoms with van der Waals surface area (Å²) in [6, 6.07) is 48.1. The van der Waals surface area contributed by atoms with Gasteiger partial charge in [0.25, 0.3) is 5.69 Å². The summed E-state index contributed by atoms with van der Waals surface area (Å²) in [7, 11) is 0. The predicted octanol–water partition coefficient (Wildman–Crippen LogP) is 10.1. The lowest BCUT2D eigenvalue weighted by Crippen LogP contribution is -2.39. The first-order chi connectivity index (χ1) is 28.9. The van der Waals surface area contributed by atoms with Crippen LogP contribution in [0, 0.1) is 10.1 Å². The maximum absolute atomic E-state index is 13.9. The van der Waals surface area contributed by atoms with Crippen molar-refractivity contribution in [3.63, 3.8) is 0 Å². The fourth-order valence-electron chi connectivity index (χ4n) is 7.53. The molecule has 12 heteroatoms. The summed E-state index contributed by atoms with van der Waals surface area (Å²) in [4.78, 5) is 39.4. The first-order valence-electron chi connectivity index (χ1n) is 19.2. The minimum atomic E-state index is -1.43. The van der Waals surface area contributed by atoms with E-state index in [-0.39, 0.29) is 24.2 Å². The summed E-state index contributed by atoms with van der Waals surface area (Å²) >= 11 is 0. The van der Waals surface area contributed by atoms with Crippen LogP contribution in [0.15, 0.2) is 164 Å². The molecule has 0 bridgehead atoms. The van der Waals surface area contributed by atoms with Gasteiger partial charge in [-0.15, -0.1) is 11.7 Å². The Hall–Kier alpha value is -7.73. The molecule has 1 heterocycles. The number of hydrogen-bond donors (Lipinski definition) is 1. The third-order valence-corrected chi connectivity index (χ3v) is 10.0. The number of carboxylic acid groups (broad SMARTS) is 1. The number of nitrogens with zero attached hydrogens (tertiary/aromatic N) is 6. The van der Waals surface area contributed by atoms with Gasteiger partial charge in [-0.05, 0) is 77.1 Å². The molecule has 0 atom stereocenters. The van der Waals surface area contributed by atoms with Crippen molar-refractivity contribution in [2.75, 3.05) is 4.90 Å². The standard InChI is InChI=1S/C48H42N6O6/c1-5-17-35-30-31-41(45(55)56)43(42(35)54(58)59)52(46(57)60-47(2,3)4)32-33-26-28-34(29-27-33)39-24-15-16-25-40(39)44-49-50-51-53(44)48(36-18-9-6-10-19-36,37-20-11-7-12-21-37)38-22-13-8-14-23-38/h5-16,18-31H,1,17,32H2,2-4H3,(H,55,56). The molecule has 0 saturated heterocycles. The number of nitro benzene ring substituents is 1. The van der Waals surface area contributed by atoms with Crippen LogP contribution in [0.1, 0.15) is 58.9 Å². The average Bonchev–Trinajstić information content (AvgIpc) is 3.74. The lowest BCUT2D eigenvalue weighted by atomic mass is 9.77. The van der Waals surface area contributed by atoms with E-state index < -0.39 is 39.4 Å². The van der Waals surface area contributed by atoms with Crippen molar-refractivity contribution in [3.8, 4) is 22.5 Å². The van der Waals surface area contributed by atoms with Crippen molar-refractivity contribution in [2.24, 2.45) is 0 Å². The summed E-state index contributed by atoms with van der Waals surface area (Å²) in [5.74, 6) is -0.924. The van der Waals surface area contributed by atoms with Gasteiger partial charge in [0.15, 0.2) is 5.82 Å². The molecular formula is C48H42N6O6. The van der Waals surface area contributed by atoms with Gasteiger partial charge in [-0.25, -0.2) is 14.3 Å². The van der Waals surface area contributed by atoms with E-state index in [1.165, 1.54) is 18.2 Å². The summed E-state index contributed by atoms with van der Waals surface area (Å²) in [6.45, 7) is 8.45. The third kappa shape index (κ3) is 7.90. The van der Waals surface area contributed by atoms with Crippen LogP contribution in [-0.4, -0.2) is 47.9 Å². The number of amides is 1. The highest BCUT2D eigenvalue weighted by molar-refractivity contribution is 6.03.